The fourth-order valence-corrected chi connectivity index (χ4v) is 3.52. The third-order valence-corrected chi connectivity index (χ3v) is 5.28. The highest BCUT2D eigenvalue weighted by Crippen LogP contribution is 2.25. The Labute approximate surface area is 176 Å². The zero-order valence-corrected chi connectivity index (χ0v) is 17.2. The van der Waals surface area contributed by atoms with Crippen LogP contribution in [0.15, 0.2) is 54.6 Å². The molecule has 3 rings (SSSR count). The molecule has 2 unspecified atom stereocenters. The van der Waals surface area contributed by atoms with Crippen LogP contribution < -0.4 is 10.2 Å². The number of carbonyl (C=O) groups excluding carboxylic acids is 2. The van der Waals surface area contributed by atoms with E-state index in [0.717, 1.165) is 16.8 Å². The van der Waals surface area contributed by atoms with Crippen LogP contribution in [0.25, 0.3) is 11.1 Å². The second kappa shape index (κ2) is 10.2. The molecule has 1 fully saturated rings. The monoisotopic (exact) mass is 411 g/mol. The quantitative estimate of drug-likeness (QED) is 0.638. The van der Waals surface area contributed by atoms with Gasteiger partial charge in [0.05, 0.1) is 0 Å². The smallest absolute Gasteiger partial charge is 0.254 e. The molecule has 0 radical (unpaired) electrons. The fraction of sp³-hybridized carbons (Fsp3) is 0.391. The van der Waals surface area contributed by atoms with Crippen molar-refractivity contribution >= 4 is 17.5 Å². The number of rotatable bonds is 7. The van der Waals surface area contributed by atoms with Gasteiger partial charge in [0.15, 0.2) is 12.2 Å². The van der Waals surface area contributed by atoms with Gasteiger partial charge in [0.1, 0.15) is 0 Å². The van der Waals surface area contributed by atoms with Crippen LogP contribution in [0.5, 0.6) is 0 Å². The van der Waals surface area contributed by atoms with Gasteiger partial charge in [0.25, 0.3) is 11.8 Å². The van der Waals surface area contributed by atoms with Crippen LogP contribution in [0.2, 0.25) is 0 Å². The first kappa shape index (κ1) is 21.8. The van der Waals surface area contributed by atoms with Gasteiger partial charge < -0.3 is 25.3 Å². The molecule has 30 heavy (non-hydrogen) atoms. The number of carbonyl (C=O) groups is 2. The van der Waals surface area contributed by atoms with Gasteiger partial charge in [0, 0.05) is 38.4 Å². The lowest BCUT2D eigenvalue weighted by Gasteiger charge is -2.37. The molecule has 0 aliphatic carbocycles. The number of anilines is 1. The van der Waals surface area contributed by atoms with Crippen LogP contribution in [0.4, 0.5) is 5.69 Å². The molecule has 2 amide bonds. The molecule has 0 spiro atoms. The Kier molecular flexibility index (Phi) is 7.43. The minimum atomic E-state index is -1.76. The van der Waals surface area contributed by atoms with E-state index in [1.807, 2.05) is 37.3 Å². The number of amides is 2. The van der Waals surface area contributed by atoms with E-state index in [0.29, 0.717) is 39.1 Å². The molecule has 160 valence electrons. The first-order valence-corrected chi connectivity index (χ1v) is 10.3. The first-order chi connectivity index (χ1) is 14.5. The lowest BCUT2D eigenvalue weighted by atomic mass is 10.0. The summed E-state index contributed by atoms with van der Waals surface area (Å²) in [5, 5.41) is 22.6. The molecule has 2 atom stereocenters. The third kappa shape index (κ3) is 5.17. The third-order valence-electron chi connectivity index (χ3n) is 5.28. The molecule has 2 aromatic rings. The van der Waals surface area contributed by atoms with Crippen LogP contribution in [0, 0.1) is 0 Å². The summed E-state index contributed by atoms with van der Waals surface area (Å²) in [7, 11) is 0. The van der Waals surface area contributed by atoms with Crippen LogP contribution >= 0.6 is 0 Å². The summed E-state index contributed by atoms with van der Waals surface area (Å²) in [5.41, 5.74) is 3.35. The van der Waals surface area contributed by atoms with Crippen molar-refractivity contribution in [1.82, 2.24) is 10.2 Å². The molecular weight excluding hydrogens is 382 g/mol. The zero-order valence-electron chi connectivity index (χ0n) is 17.2. The van der Waals surface area contributed by atoms with E-state index in [9.17, 15) is 19.8 Å². The fourth-order valence-electron chi connectivity index (χ4n) is 3.52. The van der Waals surface area contributed by atoms with Gasteiger partial charge in [-0.3, -0.25) is 9.59 Å². The van der Waals surface area contributed by atoms with Crippen LogP contribution in [-0.2, 0) is 9.59 Å². The van der Waals surface area contributed by atoms with Gasteiger partial charge in [-0.25, -0.2) is 0 Å². The maximum atomic E-state index is 12.5. The van der Waals surface area contributed by atoms with Crippen molar-refractivity contribution in [3.05, 3.63) is 54.6 Å². The molecule has 1 aliphatic heterocycles. The van der Waals surface area contributed by atoms with Gasteiger partial charge >= 0.3 is 0 Å². The first-order valence-electron chi connectivity index (χ1n) is 10.3. The molecular formula is C23H29N3O4. The Bertz CT molecular complexity index is 851. The average Bonchev–Trinajstić information content (AvgIpc) is 2.81. The van der Waals surface area contributed by atoms with Crippen molar-refractivity contribution < 1.29 is 19.8 Å². The molecule has 0 saturated carbocycles. The molecule has 2 aromatic carbocycles. The van der Waals surface area contributed by atoms with Crippen molar-refractivity contribution in [2.75, 3.05) is 37.6 Å². The van der Waals surface area contributed by atoms with E-state index >= 15 is 0 Å². The number of nitrogens with one attached hydrogen (secondary N) is 1. The summed E-state index contributed by atoms with van der Waals surface area (Å²) >= 11 is 0. The average molecular weight is 412 g/mol. The van der Waals surface area contributed by atoms with Gasteiger partial charge in [-0.1, -0.05) is 49.4 Å². The summed E-state index contributed by atoms with van der Waals surface area (Å²) in [6.07, 6.45) is -2.81. The Hall–Kier alpha value is -2.90. The number of aliphatic hydroxyl groups excluding tert-OH is 2. The summed E-state index contributed by atoms with van der Waals surface area (Å²) in [4.78, 5) is 28.0. The van der Waals surface area contributed by atoms with Gasteiger partial charge in [0.2, 0.25) is 0 Å². The van der Waals surface area contributed by atoms with E-state index in [-0.39, 0.29) is 0 Å². The minimum absolute atomic E-state index is 0.386. The molecule has 7 nitrogen and oxygen atoms in total. The molecule has 3 N–H and O–H groups in total. The SMILES string of the molecule is CCCNC(=O)C(O)C(O)C(=O)N1CCN(c2cccc(-c3ccccc3)c2)CC1. The lowest BCUT2D eigenvalue weighted by Crippen LogP contribution is -2.55. The molecule has 7 heteroatoms. The van der Waals surface area contributed by atoms with E-state index in [4.69, 9.17) is 0 Å². The second-order valence-corrected chi connectivity index (χ2v) is 7.41. The number of hydrogen-bond donors (Lipinski definition) is 3. The summed E-state index contributed by atoms with van der Waals surface area (Å²) in [5.74, 6) is -1.35. The van der Waals surface area contributed by atoms with Crippen LogP contribution in [0.3, 0.4) is 0 Å². The minimum Gasteiger partial charge on any atom is -0.380 e. The number of nitrogens with zero attached hydrogens (tertiary/aromatic N) is 2. The molecule has 0 aromatic heterocycles. The van der Waals surface area contributed by atoms with Gasteiger partial charge in [-0.15, -0.1) is 0 Å². The highest BCUT2D eigenvalue weighted by atomic mass is 16.3. The van der Waals surface area contributed by atoms with Crippen molar-refractivity contribution in [3.63, 3.8) is 0 Å². The van der Waals surface area contributed by atoms with E-state index in [1.165, 1.54) is 4.90 Å². The zero-order chi connectivity index (χ0) is 21.5. The van der Waals surface area contributed by atoms with Crippen molar-refractivity contribution in [2.24, 2.45) is 0 Å². The van der Waals surface area contributed by atoms with Crippen molar-refractivity contribution in [3.8, 4) is 11.1 Å². The number of aliphatic hydroxyl groups is 2. The normalized spacial score (nSPS) is 16.1. The van der Waals surface area contributed by atoms with E-state index in [1.54, 1.807) is 0 Å². The maximum Gasteiger partial charge on any atom is 0.254 e. The standard InChI is InChI=1S/C23H29N3O4/c1-2-11-24-22(29)20(27)21(28)23(30)26-14-12-25(13-15-26)19-10-6-9-18(16-19)17-7-4-3-5-8-17/h3-10,16,20-21,27-28H,2,11-15H2,1H3,(H,24,29). The Morgan fingerprint density at radius 3 is 2.27 bits per heavy atom. The Balaban J connectivity index is 1.58. The largest absolute Gasteiger partial charge is 0.380 e. The van der Waals surface area contributed by atoms with E-state index < -0.39 is 24.0 Å². The predicted molar refractivity (Wildman–Crippen MR) is 116 cm³/mol. The highest BCUT2D eigenvalue weighted by Gasteiger charge is 2.34. The predicted octanol–water partition coefficient (Wildman–Crippen LogP) is 1.25. The number of piperazine rings is 1. The van der Waals surface area contributed by atoms with Gasteiger partial charge in [-0.05, 0) is 29.7 Å². The number of benzene rings is 2. The van der Waals surface area contributed by atoms with Crippen LogP contribution in [-0.4, -0.2) is 71.9 Å². The van der Waals surface area contributed by atoms with Crippen LogP contribution in [0.1, 0.15) is 13.3 Å². The summed E-state index contributed by atoms with van der Waals surface area (Å²) in [6.45, 7) is 4.30. The topological polar surface area (TPSA) is 93.1 Å². The van der Waals surface area contributed by atoms with Crippen molar-refractivity contribution in [1.29, 1.82) is 0 Å². The lowest BCUT2D eigenvalue weighted by molar-refractivity contribution is -0.153. The molecule has 1 aliphatic rings. The molecule has 1 heterocycles. The maximum absolute atomic E-state index is 12.5. The molecule has 0 bridgehead atoms. The Morgan fingerprint density at radius 1 is 0.933 bits per heavy atom. The second-order valence-electron chi connectivity index (χ2n) is 7.41. The Morgan fingerprint density at radius 2 is 1.60 bits per heavy atom. The van der Waals surface area contributed by atoms with Crippen molar-refractivity contribution in [2.45, 2.75) is 25.6 Å². The summed E-state index contributed by atoms with van der Waals surface area (Å²) in [6, 6.07) is 18.4. The van der Waals surface area contributed by atoms with Gasteiger partial charge in [-0.2, -0.15) is 0 Å². The van der Waals surface area contributed by atoms with E-state index in [2.05, 4.69) is 34.5 Å². The highest BCUT2D eigenvalue weighted by molar-refractivity contribution is 5.90. The number of hydrogen-bond acceptors (Lipinski definition) is 5. The summed E-state index contributed by atoms with van der Waals surface area (Å²) < 4.78 is 0. The molecule has 1 saturated heterocycles.